The Morgan fingerprint density at radius 3 is 2.43 bits per heavy atom. The van der Waals surface area contributed by atoms with Crippen molar-refractivity contribution in [1.82, 2.24) is 0 Å². The van der Waals surface area contributed by atoms with Gasteiger partial charge in [0.15, 0.2) is 0 Å². The molecule has 0 heterocycles. The van der Waals surface area contributed by atoms with E-state index in [0.29, 0.717) is 17.3 Å². The number of rotatable bonds is 0. The number of hydrogen-bond donors (Lipinski definition) is 2. The molecule has 0 unspecified atom stereocenters. The van der Waals surface area contributed by atoms with Crippen molar-refractivity contribution in [2.45, 2.75) is 84.2 Å². The summed E-state index contributed by atoms with van der Waals surface area (Å²) in [5.74, 6) is 3.03. The van der Waals surface area contributed by atoms with E-state index in [2.05, 4.69) is 25.9 Å². The molecule has 0 aromatic carbocycles. The zero-order valence-corrected chi connectivity index (χ0v) is 15.0. The fourth-order valence-electron chi connectivity index (χ4n) is 7.39. The zero-order valence-electron chi connectivity index (χ0n) is 15.0. The van der Waals surface area contributed by atoms with Crippen molar-refractivity contribution in [2.24, 2.45) is 39.7 Å². The average Bonchev–Trinajstić information content (AvgIpc) is 2.77. The highest BCUT2D eigenvalue weighted by Gasteiger charge is 2.63. The van der Waals surface area contributed by atoms with Crippen LogP contribution in [0.3, 0.4) is 0 Å². The van der Waals surface area contributed by atoms with E-state index < -0.39 is 5.60 Å². The number of oxime groups is 1. The summed E-state index contributed by atoms with van der Waals surface area (Å²) in [6.07, 6.45) is 10.5. The van der Waals surface area contributed by atoms with Crippen LogP contribution in [-0.4, -0.2) is 21.6 Å². The van der Waals surface area contributed by atoms with Crippen molar-refractivity contribution in [3.63, 3.8) is 0 Å². The highest BCUT2D eigenvalue weighted by atomic mass is 16.4. The summed E-state index contributed by atoms with van der Waals surface area (Å²) in [5, 5.41) is 23.7. The standard InChI is InChI=1S/C20H33NO2/c1-18-9-6-14(21-23)12-13(18)4-5-15-16(18)7-10-19(2)17(15)8-11-20(19,3)22/h13,15-17,22-23H,4-12H2,1-3H3/t13-,15+,16-,17-,18-,19-,20-/m0/s1. The monoisotopic (exact) mass is 319 g/mol. The predicted octanol–water partition coefficient (Wildman–Crippen LogP) is 4.61. The molecule has 23 heavy (non-hydrogen) atoms. The highest BCUT2D eigenvalue weighted by molar-refractivity contribution is 5.85. The van der Waals surface area contributed by atoms with E-state index in [9.17, 15) is 10.3 Å². The van der Waals surface area contributed by atoms with Crippen LogP contribution in [0.4, 0.5) is 0 Å². The molecule has 130 valence electrons. The van der Waals surface area contributed by atoms with E-state index in [1.807, 2.05) is 0 Å². The molecule has 4 aliphatic carbocycles. The molecule has 0 saturated heterocycles. The first kappa shape index (κ1) is 15.9. The zero-order chi connectivity index (χ0) is 16.5. The minimum Gasteiger partial charge on any atom is -0.411 e. The molecule has 0 amide bonds. The van der Waals surface area contributed by atoms with Gasteiger partial charge in [0.1, 0.15) is 0 Å². The summed E-state index contributed by atoms with van der Waals surface area (Å²) in [5.41, 5.74) is 1.11. The Labute approximate surface area is 140 Å². The molecular formula is C20H33NO2. The van der Waals surface area contributed by atoms with Crippen LogP contribution in [0.15, 0.2) is 5.16 Å². The second kappa shape index (κ2) is 4.97. The quantitative estimate of drug-likeness (QED) is 0.506. The molecule has 0 radical (unpaired) electrons. The second-order valence-corrected chi connectivity index (χ2v) is 9.80. The van der Waals surface area contributed by atoms with Crippen molar-refractivity contribution in [3.05, 3.63) is 0 Å². The molecule has 4 saturated carbocycles. The van der Waals surface area contributed by atoms with Gasteiger partial charge in [-0.3, -0.25) is 0 Å². The van der Waals surface area contributed by atoms with Gasteiger partial charge in [-0.15, -0.1) is 0 Å². The van der Waals surface area contributed by atoms with E-state index in [-0.39, 0.29) is 5.41 Å². The minimum atomic E-state index is -0.469. The van der Waals surface area contributed by atoms with E-state index >= 15 is 0 Å². The van der Waals surface area contributed by atoms with E-state index in [1.54, 1.807) is 0 Å². The van der Waals surface area contributed by atoms with Crippen LogP contribution in [0.2, 0.25) is 0 Å². The first-order valence-corrected chi connectivity index (χ1v) is 9.74. The number of nitrogens with zero attached hydrogens (tertiary/aromatic N) is 1. The van der Waals surface area contributed by atoms with Crippen molar-refractivity contribution in [3.8, 4) is 0 Å². The fraction of sp³-hybridized carbons (Fsp3) is 0.950. The Hall–Kier alpha value is -0.570. The summed E-state index contributed by atoms with van der Waals surface area (Å²) >= 11 is 0. The van der Waals surface area contributed by atoms with Crippen LogP contribution >= 0.6 is 0 Å². The molecule has 4 rings (SSSR count). The topological polar surface area (TPSA) is 52.8 Å². The van der Waals surface area contributed by atoms with Crippen LogP contribution in [0.25, 0.3) is 0 Å². The average molecular weight is 319 g/mol. The van der Waals surface area contributed by atoms with Gasteiger partial charge < -0.3 is 10.3 Å². The lowest BCUT2D eigenvalue weighted by molar-refractivity contribution is -0.140. The third kappa shape index (κ3) is 2.01. The third-order valence-electron chi connectivity index (χ3n) is 9.20. The van der Waals surface area contributed by atoms with Crippen molar-refractivity contribution < 1.29 is 10.3 Å². The van der Waals surface area contributed by atoms with Gasteiger partial charge in [-0.1, -0.05) is 19.0 Å². The van der Waals surface area contributed by atoms with E-state index in [4.69, 9.17) is 0 Å². The lowest BCUT2D eigenvalue weighted by Gasteiger charge is -2.61. The largest absolute Gasteiger partial charge is 0.411 e. The van der Waals surface area contributed by atoms with Crippen LogP contribution < -0.4 is 0 Å². The number of aliphatic hydroxyl groups is 1. The Bertz CT molecular complexity index is 528. The molecule has 0 aliphatic heterocycles. The number of hydrogen-bond acceptors (Lipinski definition) is 3. The molecule has 0 aromatic rings. The molecule has 3 nitrogen and oxygen atoms in total. The molecule has 0 aromatic heterocycles. The fourth-order valence-corrected chi connectivity index (χ4v) is 7.39. The summed E-state index contributed by atoms with van der Waals surface area (Å²) < 4.78 is 0. The van der Waals surface area contributed by atoms with Gasteiger partial charge in [0, 0.05) is 0 Å². The van der Waals surface area contributed by atoms with Gasteiger partial charge in [-0.2, -0.15) is 0 Å². The van der Waals surface area contributed by atoms with Gasteiger partial charge in [0.05, 0.1) is 11.3 Å². The van der Waals surface area contributed by atoms with Crippen LogP contribution in [-0.2, 0) is 0 Å². The molecule has 0 spiro atoms. The van der Waals surface area contributed by atoms with Crippen molar-refractivity contribution in [1.29, 1.82) is 0 Å². The molecule has 7 atom stereocenters. The maximum absolute atomic E-state index is 11.0. The maximum atomic E-state index is 11.0. The third-order valence-corrected chi connectivity index (χ3v) is 9.20. The van der Waals surface area contributed by atoms with E-state index in [1.165, 1.54) is 38.5 Å². The van der Waals surface area contributed by atoms with E-state index in [0.717, 1.165) is 36.8 Å². The SMILES string of the molecule is C[C@]12CCC(=NO)C[C@@H]1CC[C@@H]1[C@@H]2CC[C@@]2(C)[C@H]1CC[C@]2(C)O. The lowest BCUT2D eigenvalue weighted by Crippen LogP contribution is -2.56. The minimum absolute atomic E-state index is 0.129. The Kier molecular flexibility index (Phi) is 3.44. The molecule has 4 aliphatic rings. The van der Waals surface area contributed by atoms with Crippen molar-refractivity contribution in [2.75, 3.05) is 0 Å². The molecular weight excluding hydrogens is 286 g/mol. The second-order valence-electron chi connectivity index (χ2n) is 9.80. The highest BCUT2D eigenvalue weighted by Crippen LogP contribution is 2.67. The first-order valence-electron chi connectivity index (χ1n) is 9.74. The van der Waals surface area contributed by atoms with Gasteiger partial charge in [-0.05, 0) is 99.2 Å². The van der Waals surface area contributed by atoms with Gasteiger partial charge in [-0.25, -0.2) is 0 Å². The summed E-state index contributed by atoms with van der Waals surface area (Å²) in [6.45, 7) is 6.98. The lowest BCUT2D eigenvalue weighted by atomic mass is 9.44. The smallest absolute Gasteiger partial charge is 0.0675 e. The van der Waals surface area contributed by atoms with Gasteiger partial charge in [0.2, 0.25) is 0 Å². The summed E-state index contributed by atoms with van der Waals surface area (Å²) in [7, 11) is 0. The Morgan fingerprint density at radius 1 is 0.957 bits per heavy atom. The van der Waals surface area contributed by atoms with Crippen LogP contribution in [0, 0.1) is 34.5 Å². The molecule has 0 bridgehead atoms. The van der Waals surface area contributed by atoms with Crippen molar-refractivity contribution >= 4 is 5.71 Å². The molecule has 2 N–H and O–H groups in total. The maximum Gasteiger partial charge on any atom is 0.0675 e. The molecule has 4 fully saturated rings. The summed E-state index contributed by atoms with van der Waals surface area (Å²) in [4.78, 5) is 0. The normalized spacial score (nSPS) is 57.7. The molecule has 3 heteroatoms. The predicted molar refractivity (Wildman–Crippen MR) is 91.6 cm³/mol. The van der Waals surface area contributed by atoms with Crippen LogP contribution in [0.5, 0.6) is 0 Å². The summed E-state index contributed by atoms with van der Waals surface area (Å²) in [6, 6.07) is 0. The van der Waals surface area contributed by atoms with Crippen LogP contribution in [0.1, 0.15) is 78.6 Å². The van der Waals surface area contributed by atoms with Gasteiger partial charge >= 0.3 is 0 Å². The number of fused-ring (bicyclic) bond motifs is 5. The Morgan fingerprint density at radius 2 is 1.70 bits per heavy atom. The van der Waals surface area contributed by atoms with Gasteiger partial charge in [0.25, 0.3) is 0 Å². The first-order chi connectivity index (χ1) is 10.8. The Balaban J connectivity index is 1.63.